The van der Waals surface area contributed by atoms with Crippen LogP contribution in [0.3, 0.4) is 0 Å². The number of fused-ring (bicyclic) bond motifs is 7. The molecule has 0 saturated heterocycles. The Labute approximate surface area is 137 Å². The third-order valence-electron chi connectivity index (χ3n) is 5.56. The minimum Gasteiger partial charge on any atom is -0.0619 e. The second kappa shape index (κ2) is 4.83. The second-order valence-electron chi connectivity index (χ2n) is 6.81. The van der Waals surface area contributed by atoms with Gasteiger partial charge in [0.25, 0.3) is 0 Å². The van der Waals surface area contributed by atoms with Gasteiger partial charge < -0.3 is 0 Å². The summed E-state index contributed by atoms with van der Waals surface area (Å²) in [5.41, 5.74) is 13.4. The Morgan fingerprint density at radius 2 is 1.43 bits per heavy atom. The lowest BCUT2D eigenvalue weighted by Gasteiger charge is -2.24. The molecule has 0 aromatic heterocycles. The molecule has 0 spiro atoms. The number of aryl methyl sites for hydroxylation is 3. The SMILES string of the molecule is CCc1ccc2c(c1)CCc1ccc3c(c1-2)-c1ccccc1C3. The summed E-state index contributed by atoms with van der Waals surface area (Å²) >= 11 is 0. The third kappa shape index (κ3) is 1.84. The van der Waals surface area contributed by atoms with Crippen molar-refractivity contribution < 1.29 is 0 Å². The summed E-state index contributed by atoms with van der Waals surface area (Å²) in [6, 6.07) is 20.8. The highest BCUT2D eigenvalue weighted by Crippen LogP contribution is 2.47. The van der Waals surface area contributed by atoms with E-state index >= 15 is 0 Å². The molecule has 0 N–H and O–H groups in total. The van der Waals surface area contributed by atoms with Crippen LogP contribution in [0.1, 0.15) is 34.7 Å². The molecule has 0 radical (unpaired) electrons. The van der Waals surface area contributed by atoms with Crippen LogP contribution >= 0.6 is 0 Å². The fourth-order valence-electron chi connectivity index (χ4n) is 4.37. The predicted molar refractivity (Wildman–Crippen MR) is 96.9 cm³/mol. The summed E-state index contributed by atoms with van der Waals surface area (Å²) in [4.78, 5) is 0. The van der Waals surface area contributed by atoms with Gasteiger partial charge in [-0.2, -0.15) is 0 Å². The van der Waals surface area contributed by atoms with Gasteiger partial charge in [-0.3, -0.25) is 0 Å². The zero-order valence-electron chi connectivity index (χ0n) is 13.5. The van der Waals surface area contributed by atoms with Crippen molar-refractivity contribution in [2.75, 3.05) is 0 Å². The van der Waals surface area contributed by atoms with Gasteiger partial charge in [-0.25, -0.2) is 0 Å². The Kier molecular flexibility index (Phi) is 2.76. The Bertz CT molecular complexity index is 931. The van der Waals surface area contributed by atoms with Crippen molar-refractivity contribution in [3.63, 3.8) is 0 Å². The van der Waals surface area contributed by atoms with Crippen molar-refractivity contribution >= 4 is 0 Å². The van der Waals surface area contributed by atoms with Crippen molar-refractivity contribution in [3.05, 3.63) is 82.4 Å². The molecular weight excluding hydrogens is 276 g/mol. The molecule has 2 aliphatic carbocycles. The number of rotatable bonds is 1. The third-order valence-corrected chi connectivity index (χ3v) is 5.56. The van der Waals surface area contributed by atoms with Crippen LogP contribution in [0.5, 0.6) is 0 Å². The minimum absolute atomic E-state index is 1.08. The van der Waals surface area contributed by atoms with E-state index in [2.05, 4.69) is 61.5 Å². The highest BCUT2D eigenvalue weighted by atomic mass is 14.3. The maximum Gasteiger partial charge on any atom is -0.00132 e. The van der Waals surface area contributed by atoms with Crippen LogP contribution in [-0.4, -0.2) is 0 Å². The average molecular weight is 296 g/mol. The second-order valence-corrected chi connectivity index (χ2v) is 6.81. The first-order valence-corrected chi connectivity index (χ1v) is 8.70. The largest absolute Gasteiger partial charge is 0.0619 e. The summed E-state index contributed by atoms with van der Waals surface area (Å²) < 4.78 is 0. The van der Waals surface area contributed by atoms with Crippen LogP contribution in [0.2, 0.25) is 0 Å². The summed E-state index contributed by atoms with van der Waals surface area (Å²) in [6.07, 6.45) is 4.55. The zero-order chi connectivity index (χ0) is 15.4. The fourth-order valence-corrected chi connectivity index (χ4v) is 4.37. The van der Waals surface area contributed by atoms with Gasteiger partial charge in [0.1, 0.15) is 0 Å². The lowest BCUT2D eigenvalue weighted by atomic mass is 9.80. The number of hydrogen-bond acceptors (Lipinski definition) is 0. The van der Waals surface area contributed by atoms with E-state index in [1.807, 2.05) is 0 Å². The Morgan fingerprint density at radius 1 is 0.696 bits per heavy atom. The Balaban J connectivity index is 1.81. The molecular formula is C23H20. The van der Waals surface area contributed by atoms with E-state index in [1.54, 1.807) is 0 Å². The van der Waals surface area contributed by atoms with Gasteiger partial charge in [-0.15, -0.1) is 0 Å². The summed E-state index contributed by atoms with van der Waals surface area (Å²) in [5, 5.41) is 0. The zero-order valence-corrected chi connectivity index (χ0v) is 13.5. The molecule has 0 heteroatoms. The first-order valence-electron chi connectivity index (χ1n) is 8.70. The van der Waals surface area contributed by atoms with Gasteiger partial charge in [0.2, 0.25) is 0 Å². The number of benzene rings is 3. The monoisotopic (exact) mass is 296 g/mol. The van der Waals surface area contributed by atoms with Crippen LogP contribution in [0.15, 0.2) is 54.6 Å². The van der Waals surface area contributed by atoms with E-state index in [0.717, 1.165) is 12.8 Å². The molecule has 23 heavy (non-hydrogen) atoms. The lowest BCUT2D eigenvalue weighted by Crippen LogP contribution is -2.06. The summed E-state index contributed by atoms with van der Waals surface area (Å²) in [7, 11) is 0. The maximum absolute atomic E-state index is 2.43. The minimum atomic E-state index is 1.08. The highest BCUT2D eigenvalue weighted by molar-refractivity contribution is 5.93. The van der Waals surface area contributed by atoms with E-state index in [-0.39, 0.29) is 0 Å². The molecule has 0 amide bonds. The van der Waals surface area contributed by atoms with Crippen molar-refractivity contribution in [2.24, 2.45) is 0 Å². The molecule has 5 rings (SSSR count). The molecule has 0 heterocycles. The van der Waals surface area contributed by atoms with E-state index in [4.69, 9.17) is 0 Å². The first kappa shape index (κ1) is 13.1. The lowest BCUT2D eigenvalue weighted by molar-refractivity contribution is 0.935. The van der Waals surface area contributed by atoms with Gasteiger partial charge in [-0.1, -0.05) is 61.5 Å². The van der Waals surface area contributed by atoms with Gasteiger partial charge >= 0.3 is 0 Å². The summed E-state index contributed by atoms with van der Waals surface area (Å²) in [6.45, 7) is 2.24. The van der Waals surface area contributed by atoms with Gasteiger partial charge in [0.15, 0.2) is 0 Å². The molecule has 0 saturated carbocycles. The number of hydrogen-bond donors (Lipinski definition) is 0. The molecule has 0 nitrogen and oxygen atoms in total. The average Bonchev–Trinajstić information content (AvgIpc) is 2.99. The van der Waals surface area contributed by atoms with Gasteiger partial charge in [-0.05, 0) is 75.8 Å². The Hall–Kier alpha value is -2.34. The van der Waals surface area contributed by atoms with Crippen LogP contribution in [-0.2, 0) is 25.7 Å². The molecule has 0 bridgehead atoms. The molecule has 0 aliphatic heterocycles. The highest BCUT2D eigenvalue weighted by Gasteiger charge is 2.26. The quantitative estimate of drug-likeness (QED) is 0.430. The van der Waals surface area contributed by atoms with Crippen molar-refractivity contribution in [1.82, 2.24) is 0 Å². The van der Waals surface area contributed by atoms with Crippen LogP contribution in [0, 0.1) is 0 Å². The standard InChI is InChI=1S/C23H20/c1-2-15-7-12-21-18(13-15)10-8-16-9-11-19-14-17-5-3-4-6-20(17)23(19)22(16)21/h3-7,9,11-13H,2,8,10,14H2,1H3. The van der Waals surface area contributed by atoms with Gasteiger partial charge in [0, 0.05) is 0 Å². The van der Waals surface area contributed by atoms with E-state index in [9.17, 15) is 0 Å². The molecule has 3 aromatic carbocycles. The smallest absolute Gasteiger partial charge is 0.00132 e. The maximum atomic E-state index is 2.43. The first-order chi connectivity index (χ1) is 11.3. The van der Waals surface area contributed by atoms with E-state index in [0.29, 0.717) is 0 Å². The molecule has 2 aliphatic rings. The van der Waals surface area contributed by atoms with Crippen molar-refractivity contribution in [1.29, 1.82) is 0 Å². The molecule has 112 valence electrons. The van der Waals surface area contributed by atoms with Crippen LogP contribution in [0.4, 0.5) is 0 Å². The van der Waals surface area contributed by atoms with Crippen LogP contribution < -0.4 is 0 Å². The summed E-state index contributed by atoms with van der Waals surface area (Å²) in [5.74, 6) is 0. The normalized spacial score (nSPS) is 14.0. The molecule has 0 fully saturated rings. The fraction of sp³-hybridized carbons (Fsp3) is 0.217. The van der Waals surface area contributed by atoms with Crippen molar-refractivity contribution in [3.8, 4) is 22.3 Å². The molecule has 0 unspecified atom stereocenters. The predicted octanol–water partition coefficient (Wildman–Crippen LogP) is 5.59. The van der Waals surface area contributed by atoms with Crippen molar-refractivity contribution in [2.45, 2.75) is 32.6 Å². The van der Waals surface area contributed by atoms with E-state index < -0.39 is 0 Å². The molecule has 3 aromatic rings. The van der Waals surface area contributed by atoms with Crippen LogP contribution in [0.25, 0.3) is 22.3 Å². The van der Waals surface area contributed by atoms with Gasteiger partial charge in [0.05, 0.1) is 0 Å². The molecule has 0 atom stereocenters. The van der Waals surface area contributed by atoms with E-state index in [1.165, 1.54) is 62.9 Å². The topological polar surface area (TPSA) is 0 Å². The Morgan fingerprint density at radius 3 is 2.35 bits per heavy atom.